The van der Waals surface area contributed by atoms with Crippen molar-refractivity contribution in [2.24, 2.45) is 12.8 Å². The molecule has 0 saturated carbocycles. The van der Waals surface area contributed by atoms with Gasteiger partial charge in [0.25, 0.3) is 0 Å². The second kappa shape index (κ2) is 10.3. The van der Waals surface area contributed by atoms with Crippen LogP contribution in [0.1, 0.15) is 22.8 Å². The van der Waals surface area contributed by atoms with Gasteiger partial charge in [-0.2, -0.15) is 5.26 Å². The van der Waals surface area contributed by atoms with Crippen LogP contribution in [0.25, 0.3) is 5.57 Å². The topological polar surface area (TPSA) is 99.9 Å². The number of aromatic nitrogens is 1. The highest BCUT2D eigenvalue weighted by atomic mass is 127. The monoisotopic (exact) mass is 516 g/mol. The van der Waals surface area contributed by atoms with E-state index < -0.39 is 6.10 Å². The van der Waals surface area contributed by atoms with Crippen LogP contribution in [0.3, 0.4) is 0 Å². The fourth-order valence-electron chi connectivity index (χ4n) is 2.76. The Labute approximate surface area is 191 Å². The van der Waals surface area contributed by atoms with Crippen molar-refractivity contribution in [2.75, 3.05) is 5.73 Å². The minimum Gasteiger partial charge on any atom is -1.00 e. The molecule has 3 aromatic rings. The maximum absolute atomic E-state index is 10.7. The Kier molecular flexibility index (Phi) is 8.08. The lowest BCUT2D eigenvalue weighted by Gasteiger charge is -2.13. The molecule has 0 amide bonds. The lowest BCUT2D eigenvalue weighted by Crippen LogP contribution is -3.00. The summed E-state index contributed by atoms with van der Waals surface area (Å²) in [7, 11) is 1.92. The van der Waals surface area contributed by atoms with Crippen molar-refractivity contribution in [1.82, 2.24) is 0 Å². The number of aliphatic hydroxyl groups excluding tert-OH is 1. The molecular formula is C22H21IN4OS. The second-order valence-corrected chi connectivity index (χ2v) is 7.40. The second-order valence-electron chi connectivity index (χ2n) is 6.32. The molecule has 0 aliphatic carbocycles. The molecular weight excluding hydrogens is 495 g/mol. The number of halogens is 1. The van der Waals surface area contributed by atoms with Crippen LogP contribution >= 0.6 is 11.8 Å². The van der Waals surface area contributed by atoms with Crippen LogP contribution in [0.4, 0.5) is 5.69 Å². The number of nitrogens with two attached hydrogens (primary N) is 2. The van der Waals surface area contributed by atoms with Crippen molar-refractivity contribution in [2.45, 2.75) is 11.0 Å². The number of rotatable bonds is 5. The van der Waals surface area contributed by atoms with Crippen molar-refractivity contribution in [3.63, 3.8) is 0 Å². The number of nitrogen functional groups attached to an aromatic ring is 1. The number of para-hydroxylation sites is 1. The summed E-state index contributed by atoms with van der Waals surface area (Å²) in [6, 6.07) is 20.5. The van der Waals surface area contributed by atoms with Crippen molar-refractivity contribution < 1.29 is 33.7 Å². The molecule has 1 atom stereocenters. The molecule has 0 bridgehead atoms. The van der Waals surface area contributed by atoms with Gasteiger partial charge in [-0.3, -0.25) is 0 Å². The molecule has 0 fully saturated rings. The van der Waals surface area contributed by atoms with E-state index in [-0.39, 0.29) is 24.0 Å². The molecule has 29 heavy (non-hydrogen) atoms. The van der Waals surface area contributed by atoms with Crippen LogP contribution in [-0.4, -0.2) is 5.11 Å². The Bertz CT molecular complexity index is 1060. The third-order valence-electron chi connectivity index (χ3n) is 4.31. The van der Waals surface area contributed by atoms with Gasteiger partial charge in [0, 0.05) is 22.7 Å². The van der Waals surface area contributed by atoms with Gasteiger partial charge in [-0.1, -0.05) is 42.1 Å². The standard InChI is InChI=1S/C22H21N4OS.HI/c1-26-11-9-15(10-12-26)21(27)17-6-4-5-16(13-17)18(14-23)22(25)28-20-8-3-2-7-19(20)24;/h2-13,21,27H,24-25H2,1H3;1H/q+1;/p-1/b22-18+;. The van der Waals surface area contributed by atoms with Gasteiger partial charge in [0.2, 0.25) is 0 Å². The SMILES string of the molecule is C[n+]1ccc(C(O)c2cccc(/C(C#N)=C(\N)Sc3ccccc3N)c2)cc1.[I-]. The highest BCUT2D eigenvalue weighted by molar-refractivity contribution is 8.03. The number of hydrogen-bond donors (Lipinski definition) is 3. The minimum atomic E-state index is -0.792. The van der Waals surface area contributed by atoms with E-state index in [1.54, 1.807) is 12.1 Å². The van der Waals surface area contributed by atoms with Crippen LogP contribution in [0.5, 0.6) is 0 Å². The first-order valence-electron chi connectivity index (χ1n) is 8.65. The van der Waals surface area contributed by atoms with Gasteiger partial charge in [0.1, 0.15) is 19.2 Å². The summed E-state index contributed by atoms with van der Waals surface area (Å²) in [6.07, 6.45) is 2.96. The van der Waals surface area contributed by atoms with E-state index in [0.29, 0.717) is 27.4 Å². The van der Waals surface area contributed by atoms with E-state index in [4.69, 9.17) is 11.5 Å². The molecule has 0 aliphatic rings. The van der Waals surface area contributed by atoms with E-state index in [0.717, 1.165) is 10.5 Å². The number of hydrogen-bond acceptors (Lipinski definition) is 5. The molecule has 0 aliphatic heterocycles. The summed E-state index contributed by atoms with van der Waals surface area (Å²) in [5.41, 5.74) is 15.3. The first kappa shape index (κ1) is 22.7. The van der Waals surface area contributed by atoms with Gasteiger partial charge in [0.05, 0.1) is 10.6 Å². The molecule has 3 rings (SSSR count). The van der Waals surface area contributed by atoms with Crippen LogP contribution < -0.4 is 40.0 Å². The number of nitriles is 1. The lowest BCUT2D eigenvalue weighted by molar-refractivity contribution is -0.671. The predicted molar refractivity (Wildman–Crippen MR) is 112 cm³/mol. The largest absolute Gasteiger partial charge is 1.00 e. The van der Waals surface area contributed by atoms with Gasteiger partial charge >= 0.3 is 0 Å². The molecule has 5 N–H and O–H groups in total. The summed E-state index contributed by atoms with van der Waals surface area (Å²) < 4.78 is 1.90. The Morgan fingerprint density at radius 3 is 2.41 bits per heavy atom. The number of thioether (sulfide) groups is 1. The van der Waals surface area contributed by atoms with Crippen molar-refractivity contribution in [1.29, 1.82) is 5.26 Å². The zero-order chi connectivity index (χ0) is 20.1. The number of aryl methyl sites for hydroxylation is 1. The highest BCUT2D eigenvalue weighted by Crippen LogP contribution is 2.33. The average molecular weight is 516 g/mol. The fraction of sp³-hybridized carbons (Fsp3) is 0.0909. The normalized spacial score (nSPS) is 12.3. The Hall–Kier alpha value is -2.54. The Morgan fingerprint density at radius 1 is 1.07 bits per heavy atom. The van der Waals surface area contributed by atoms with Gasteiger partial charge in [0.15, 0.2) is 12.4 Å². The zero-order valence-corrected chi connectivity index (χ0v) is 18.8. The first-order chi connectivity index (χ1) is 13.5. The number of pyridine rings is 1. The smallest absolute Gasteiger partial charge is 0.168 e. The summed E-state index contributed by atoms with van der Waals surface area (Å²) in [5, 5.41) is 20.7. The van der Waals surface area contributed by atoms with E-state index in [1.807, 2.05) is 72.5 Å². The van der Waals surface area contributed by atoms with Gasteiger partial charge in [-0.05, 0) is 34.9 Å². The molecule has 1 unspecified atom stereocenters. The third kappa shape index (κ3) is 5.50. The molecule has 0 saturated heterocycles. The van der Waals surface area contributed by atoms with Crippen LogP contribution in [0.15, 0.2) is 83.0 Å². The maximum atomic E-state index is 10.7. The summed E-state index contributed by atoms with van der Waals surface area (Å²) >= 11 is 1.25. The lowest BCUT2D eigenvalue weighted by atomic mass is 9.98. The fourth-order valence-corrected chi connectivity index (χ4v) is 3.59. The van der Waals surface area contributed by atoms with Crippen LogP contribution in [0, 0.1) is 11.3 Å². The number of anilines is 1. The van der Waals surface area contributed by atoms with Gasteiger partial charge in [-0.15, -0.1) is 0 Å². The van der Waals surface area contributed by atoms with Crippen molar-refractivity contribution in [3.8, 4) is 6.07 Å². The third-order valence-corrected chi connectivity index (χ3v) is 5.32. The molecule has 2 aromatic carbocycles. The molecule has 5 nitrogen and oxygen atoms in total. The van der Waals surface area contributed by atoms with E-state index >= 15 is 0 Å². The number of allylic oxidation sites excluding steroid dienone is 1. The quantitative estimate of drug-likeness (QED) is 0.147. The van der Waals surface area contributed by atoms with E-state index in [9.17, 15) is 10.4 Å². The van der Waals surface area contributed by atoms with E-state index in [1.165, 1.54) is 11.8 Å². The maximum Gasteiger partial charge on any atom is 0.168 e. The van der Waals surface area contributed by atoms with Crippen LogP contribution in [-0.2, 0) is 7.05 Å². The minimum absolute atomic E-state index is 0. The number of nitrogens with zero attached hydrogens (tertiary/aromatic N) is 2. The average Bonchev–Trinajstić information content (AvgIpc) is 2.70. The Balaban J connectivity index is 0.00000300. The molecule has 0 spiro atoms. The number of benzene rings is 2. The van der Waals surface area contributed by atoms with Crippen molar-refractivity contribution >= 4 is 23.0 Å². The number of aliphatic hydroxyl groups is 1. The molecule has 1 aromatic heterocycles. The first-order valence-corrected chi connectivity index (χ1v) is 9.47. The molecule has 0 radical (unpaired) electrons. The molecule has 7 heteroatoms. The zero-order valence-electron chi connectivity index (χ0n) is 15.8. The summed E-state index contributed by atoms with van der Waals surface area (Å²) in [4.78, 5) is 0.793. The molecule has 148 valence electrons. The summed E-state index contributed by atoms with van der Waals surface area (Å²) in [5.74, 6) is 0. The van der Waals surface area contributed by atoms with E-state index in [2.05, 4.69) is 6.07 Å². The van der Waals surface area contributed by atoms with Gasteiger partial charge in [-0.25, -0.2) is 4.57 Å². The van der Waals surface area contributed by atoms with Crippen LogP contribution in [0.2, 0.25) is 0 Å². The summed E-state index contributed by atoms with van der Waals surface area (Å²) in [6.45, 7) is 0. The Morgan fingerprint density at radius 2 is 1.76 bits per heavy atom. The predicted octanol–water partition coefficient (Wildman–Crippen LogP) is 0.122. The molecule has 1 heterocycles. The highest BCUT2D eigenvalue weighted by Gasteiger charge is 2.15. The van der Waals surface area contributed by atoms with Crippen molar-refractivity contribution in [3.05, 3.63) is 94.8 Å². The van der Waals surface area contributed by atoms with Gasteiger partial charge < -0.3 is 40.6 Å².